The van der Waals surface area contributed by atoms with Crippen LogP contribution in [0.1, 0.15) is 11.3 Å². The molecule has 4 N–H and O–H groups in total. The van der Waals surface area contributed by atoms with Crippen LogP contribution in [0.4, 0.5) is 5.95 Å². The smallest absolute Gasteiger partial charge is 0.290 e. The predicted octanol–water partition coefficient (Wildman–Crippen LogP) is 0.443. The van der Waals surface area contributed by atoms with Crippen LogP contribution in [0.25, 0.3) is 10.9 Å². The van der Waals surface area contributed by atoms with Gasteiger partial charge in [-0.1, -0.05) is 30.3 Å². The number of aryl methyl sites for hydroxylation is 2. The largest absolute Gasteiger partial charge is 0.363 e. The highest BCUT2D eigenvalue weighted by molar-refractivity contribution is 7.84. The van der Waals surface area contributed by atoms with Gasteiger partial charge in [-0.05, 0) is 37.6 Å². The quantitative estimate of drug-likeness (QED) is 0.464. The SMILES string of the molecule is Cc1ccc2c(C)nc(NC(N)=[NH+]S(=O)(=O)c3ccccc3)nc2c1. The number of hydrogen-bond acceptors (Lipinski definition) is 4. The molecular weight excluding hydrogens is 338 g/mol. The van der Waals surface area contributed by atoms with E-state index in [0.29, 0.717) is 0 Å². The molecule has 0 fully saturated rings. The molecule has 0 bridgehead atoms. The van der Waals surface area contributed by atoms with Crippen LogP contribution in [0, 0.1) is 13.8 Å². The van der Waals surface area contributed by atoms with Crippen LogP contribution >= 0.6 is 0 Å². The Labute approximate surface area is 145 Å². The van der Waals surface area contributed by atoms with Gasteiger partial charge in [0.2, 0.25) is 0 Å². The lowest BCUT2D eigenvalue weighted by molar-refractivity contribution is -0.268. The number of anilines is 1. The number of sulfonamides is 1. The zero-order valence-electron chi connectivity index (χ0n) is 13.8. The second kappa shape index (κ2) is 6.48. The number of nitrogens with zero attached hydrogens (tertiary/aromatic N) is 2. The molecule has 0 saturated carbocycles. The summed E-state index contributed by atoms with van der Waals surface area (Å²) in [5.41, 5.74) is 8.38. The van der Waals surface area contributed by atoms with Crippen LogP contribution in [-0.4, -0.2) is 24.3 Å². The van der Waals surface area contributed by atoms with Gasteiger partial charge in [0.1, 0.15) is 4.90 Å². The van der Waals surface area contributed by atoms with Crippen LogP contribution in [0.2, 0.25) is 0 Å². The van der Waals surface area contributed by atoms with E-state index >= 15 is 0 Å². The maximum atomic E-state index is 12.3. The Kier molecular flexibility index (Phi) is 4.37. The van der Waals surface area contributed by atoms with Gasteiger partial charge in [-0.15, -0.1) is 0 Å². The molecule has 0 saturated heterocycles. The molecule has 1 aromatic heterocycles. The lowest BCUT2D eigenvalue weighted by Gasteiger charge is -2.05. The topological polar surface area (TPSA) is 112 Å². The van der Waals surface area contributed by atoms with Gasteiger partial charge in [-0.25, -0.2) is 10.3 Å². The second-order valence-corrected chi connectivity index (χ2v) is 7.29. The number of aromatic nitrogens is 2. The number of nitrogens with one attached hydrogen (secondary N) is 2. The van der Waals surface area contributed by atoms with E-state index in [4.69, 9.17) is 5.73 Å². The van der Waals surface area contributed by atoms with Crippen molar-refractivity contribution in [2.45, 2.75) is 18.7 Å². The second-order valence-electron chi connectivity index (χ2n) is 5.61. The number of hydrogen-bond donors (Lipinski definition) is 3. The first-order chi connectivity index (χ1) is 11.8. The van der Waals surface area contributed by atoms with E-state index in [1.54, 1.807) is 18.2 Å². The highest BCUT2D eigenvalue weighted by Gasteiger charge is 2.16. The Bertz CT molecular complexity index is 1060. The van der Waals surface area contributed by atoms with E-state index in [0.717, 1.165) is 22.2 Å². The molecule has 0 radical (unpaired) electrons. The first-order valence-corrected chi connectivity index (χ1v) is 9.06. The molecule has 0 amide bonds. The van der Waals surface area contributed by atoms with Crippen LogP contribution in [0.3, 0.4) is 0 Å². The van der Waals surface area contributed by atoms with Gasteiger partial charge in [-0.3, -0.25) is 5.73 Å². The fourth-order valence-corrected chi connectivity index (χ4v) is 3.38. The molecule has 3 aromatic rings. The summed E-state index contributed by atoms with van der Waals surface area (Å²) in [4.78, 5) is 8.81. The highest BCUT2D eigenvalue weighted by atomic mass is 32.2. The van der Waals surface area contributed by atoms with E-state index in [2.05, 4.69) is 19.7 Å². The average Bonchev–Trinajstić information content (AvgIpc) is 2.54. The number of guanidine groups is 1. The normalized spacial score (nSPS) is 12.3. The van der Waals surface area contributed by atoms with Crippen molar-refractivity contribution in [3.8, 4) is 0 Å². The van der Waals surface area contributed by atoms with E-state index in [1.165, 1.54) is 12.1 Å². The molecule has 0 unspecified atom stereocenters. The average molecular weight is 356 g/mol. The van der Waals surface area contributed by atoms with Crippen molar-refractivity contribution in [2.75, 3.05) is 5.32 Å². The molecule has 3 rings (SSSR count). The van der Waals surface area contributed by atoms with E-state index in [-0.39, 0.29) is 16.8 Å². The molecule has 25 heavy (non-hydrogen) atoms. The monoisotopic (exact) mass is 356 g/mol. The Hall–Kier alpha value is -3.00. The summed E-state index contributed by atoms with van der Waals surface area (Å²) in [6, 6.07) is 13.8. The Morgan fingerprint density at radius 2 is 1.80 bits per heavy atom. The molecule has 0 aliphatic carbocycles. The molecule has 2 aromatic carbocycles. The Balaban J connectivity index is 1.93. The van der Waals surface area contributed by atoms with Crippen LogP contribution in [0.5, 0.6) is 0 Å². The summed E-state index contributed by atoms with van der Waals surface area (Å²) in [6.45, 7) is 3.83. The van der Waals surface area contributed by atoms with Crippen molar-refractivity contribution in [3.63, 3.8) is 0 Å². The molecule has 0 aliphatic heterocycles. The molecule has 7 nitrogen and oxygen atoms in total. The van der Waals surface area contributed by atoms with Gasteiger partial charge in [0.15, 0.2) is 0 Å². The maximum absolute atomic E-state index is 12.3. The zero-order chi connectivity index (χ0) is 18.0. The molecular formula is C17H18N5O2S+. The van der Waals surface area contributed by atoms with Gasteiger partial charge in [-0.2, -0.15) is 17.8 Å². The summed E-state index contributed by atoms with van der Waals surface area (Å²) < 4.78 is 26.8. The molecule has 128 valence electrons. The lowest BCUT2D eigenvalue weighted by Crippen LogP contribution is -2.80. The Morgan fingerprint density at radius 1 is 1.08 bits per heavy atom. The van der Waals surface area contributed by atoms with Gasteiger partial charge >= 0.3 is 16.0 Å². The third-order valence-electron chi connectivity index (χ3n) is 3.59. The minimum Gasteiger partial charge on any atom is -0.290 e. The third-order valence-corrected chi connectivity index (χ3v) is 4.97. The number of nitrogens with two attached hydrogens (primary N) is 1. The summed E-state index contributed by atoms with van der Waals surface area (Å²) in [7, 11) is -3.77. The van der Waals surface area contributed by atoms with Crippen LogP contribution in [0.15, 0.2) is 53.4 Å². The van der Waals surface area contributed by atoms with Gasteiger partial charge in [0, 0.05) is 5.39 Å². The first kappa shape index (κ1) is 16.8. The molecule has 0 spiro atoms. The predicted molar refractivity (Wildman–Crippen MR) is 96.4 cm³/mol. The molecule has 8 heteroatoms. The summed E-state index contributed by atoms with van der Waals surface area (Å²) in [6.07, 6.45) is 0. The summed E-state index contributed by atoms with van der Waals surface area (Å²) in [5.74, 6) is 0.0547. The van der Waals surface area contributed by atoms with Crippen molar-refractivity contribution in [1.29, 1.82) is 0 Å². The Morgan fingerprint density at radius 3 is 2.52 bits per heavy atom. The molecule has 0 aliphatic rings. The fourth-order valence-electron chi connectivity index (χ4n) is 2.40. The van der Waals surface area contributed by atoms with E-state index in [9.17, 15) is 8.42 Å². The molecule has 0 atom stereocenters. The van der Waals surface area contributed by atoms with Crippen molar-refractivity contribution in [1.82, 2.24) is 9.97 Å². The highest BCUT2D eigenvalue weighted by Crippen LogP contribution is 2.18. The van der Waals surface area contributed by atoms with E-state index in [1.807, 2.05) is 32.0 Å². The van der Waals surface area contributed by atoms with Crippen LogP contribution < -0.4 is 15.4 Å². The minimum atomic E-state index is -3.77. The van der Waals surface area contributed by atoms with Crippen molar-refractivity contribution in [3.05, 3.63) is 59.8 Å². The third kappa shape index (κ3) is 3.74. The number of fused-ring (bicyclic) bond motifs is 1. The van der Waals surface area contributed by atoms with Gasteiger partial charge in [0.05, 0.1) is 11.2 Å². The zero-order valence-corrected chi connectivity index (χ0v) is 14.6. The minimum absolute atomic E-state index is 0.117. The van der Waals surface area contributed by atoms with E-state index < -0.39 is 10.0 Å². The summed E-state index contributed by atoms with van der Waals surface area (Å²) >= 11 is 0. The molecule has 1 heterocycles. The number of benzene rings is 2. The van der Waals surface area contributed by atoms with Crippen molar-refractivity contribution >= 4 is 32.8 Å². The van der Waals surface area contributed by atoms with Crippen LogP contribution in [-0.2, 0) is 10.0 Å². The summed E-state index contributed by atoms with van der Waals surface area (Å²) in [5, 5.41) is 3.63. The fraction of sp³-hybridized carbons (Fsp3) is 0.118. The standard InChI is InChI=1S/C17H17N5O2S/c1-11-8-9-14-12(2)19-17(20-15(14)10-11)21-16(18)22-25(23,24)13-6-4-3-5-7-13/h3-10H,1-2H3,(H3,18,19,20,21,22)/p+1. The first-order valence-electron chi connectivity index (χ1n) is 7.57. The number of rotatable bonds is 3. The van der Waals surface area contributed by atoms with Crippen molar-refractivity contribution < 1.29 is 12.8 Å². The lowest BCUT2D eigenvalue weighted by atomic mass is 10.1. The van der Waals surface area contributed by atoms with Crippen molar-refractivity contribution in [2.24, 2.45) is 5.73 Å². The van der Waals surface area contributed by atoms with Gasteiger partial charge in [0.25, 0.3) is 5.95 Å². The maximum Gasteiger partial charge on any atom is 0.363 e. The van der Waals surface area contributed by atoms with Gasteiger partial charge < -0.3 is 0 Å².